The summed E-state index contributed by atoms with van der Waals surface area (Å²) in [7, 11) is 0. The summed E-state index contributed by atoms with van der Waals surface area (Å²) in [6.45, 7) is 4.10. The number of benzene rings is 8. The lowest BCUT2D eigenvalue weighted by atomic mass is 9.88. The van der Waals surface area contributed by atoms with E-state index in [-0.39, 0.29) is 0 Å². The molecule has 0 fully saturated rings. The van der Waals surface area contributed by atoms with Gasteiger partial charge < -0.3 is 0 Å². The van der Waals surface area contributed by atoms with E-state index < -0.39 is 0 Å². The second kappa shape index (κ2) is 17.9. The third kappa shape index (κ3) is 8.59. The van der Waals surface area contributed by atoms with Crippen molar-refractivity contribution in [3.8, 4) is 67.3 Å². The lowest BCUT2D eigenvalue weighted by molar-refractivity contribution is 1.12. The van der Waals surface area contributed by atoms with Gasteiger partial charge in [0.25, 0.3) is 0 Å². The predicted molar refractivity (Wildman–Crippen MR) is 277 cm³/mol. The van der Waals surface area contributed by atoms with Gasteiger partial charge in [0, 0.05) is 50.8 Å². The van der Waals surface area contributed by atoms with Gasteiger partial charge in [0.1, 0.15) is 5.70 Å². The van der Waals surface area contributed by atoms with E-state index in [2.05, 4.69) is 170 Å². The molecule has 0 spiro atoms. The Morgan fingerprint density at radius 1 is 0.328 bits per heavy atom. The highest BCUT2D eigenvalue weighted by Gasteiger charge is 2.20. The molecule has 8 aromatic carbocycles. The Morgan fingerprint density at radius 2 is 0.866 bits per heavy atom. The van der Waals surface area contributed by atoms with E-state index in [1.807, 2.05) is 74.5 Å². The summed E-state index contributed by atoms with van der Waals surface area (Å²) < 4.78 is 0. The Labute approximate surface area is 390 Å². The van der Waals surface area contributed by atoms with Crippen LogP contribution in [0.4, 0.5) is 0 Å². The third-order valence-electron chi connectivity index (χ3n) is 12.1. The topological polar surface area (TPSA) is 63.4 Å². The molecule has 0 saturated heterocycles. The van der Waals surface area contributed by atoms with Crippen LogP contribution in [-0.4, -0.2) is 26.5 Å². The quantitative estimate of drug-likeness (QED) is 0.136. The van der Waals surface area contributed by atoms with Crippen molar-refractivity contribution >= 4 is 28.0 Å². The summed E-state index contributed by atoms with van der Waals surface area (Å²) in [6, 6.07) is 75.9. The number of aryl methyl sites for hydroxylation is 2. The zero-order valence-electron chi connectivity index (χ0n) is 37.1. The highest BCUT2D eigenvalue weighted by Crippen LogP contribution is 2.39. The van der Waals surface area contributed by atoms with Gasteiger partial charge in [-0.2, -0.15) is 0 Å². The number of aromatic nitrogens is 3. The minimum absolute atomic E-state index is 0.608. The Hall–Kier alpha value is -8.89. The lowest BCUT2D eigenvalue weighted by Crippen LogP contribution is -2.06. The van der Waals surface area contributed by atoms with E-state index in [4.69, 9.17) is 24.9 Å². The summed E-state index contributed by atoms with van der Waals surface area (Å²) in [5, 5.41) is 2.33. The van der Waals surface area contributed by atoms with Crippen molar-refractivity contribution in [2.75, 3.05) is 0 Å². The van der Waals surface area contributed by atoms with Crippen LogP contribution in [0, 0.1) is 13.8 Å². The molecule has 0 saturated carbocycles. The fraction of sp³-hybridized carbons (Fsp3) is 0.0323. The molecule has 11 rings (SSSR count). The molecular formula is C62H43N5. The van der Waals surface area contributed by atoms with Gasteiger partial charge in [0.05, 0.1) is 17.1 Å². The van der Waals surface area contributed by atoms with Gasteiger partial charge in [-0.1, -0.05) is 194 Å². The maximum atomic E-state index is 5.38. The fourth-order valence-electron chi connectivity index (χ4n) is 8.81. The molecular weight excluding hydrogens is 815 g/mol. The molecule has 0 radical (unpaired) electrons. The first-order chi connectivity index (χ1) is 33.0. The molecule has 0 amide bonds. The molecule has 1 aliphatic heterocycles. The molecule has 67 heavy (non-hydrogen) atoms. The minimum Gasteiger partial charge on any atom is -0.258 e. The van der Waals surface area contributed by atoms with Gasteiger partial charge in [0.15, 0.2) is 11.7 Å². The third-order valence-corrected chi connectivity index (χ3v) is 12.1. The molecule has 2 aromatic heterocycles. The number of amidine groups is 1. The molecule has 0 N–H and O–H groups in total. The van der Waals surface area contributed by atoms with Gasteiger partial charge in [-0.05, 0) is 88.3 Å². The summed E-state index contributed by atoms with van der Waals surface area (Å²) >= 11 is 0. The van der Waals surface area contributed by atoms with Crippen molar-refractivity contribution in [1.29, 1.82) is 0 Å². The van der Waals surface area contributed by atoms with Gasteiger partial charge in [-0.3, -0.25) is 4.98 Å². The van der Waals surface area contributed by atoms with Crippen molar-refractivity contribution in [2.45, 2.75) is 13.8 Å². The summed E-state index contributed by atoms with van der Waals surface area (Å²) in [4.78, 5) is 25.5. The molecule has 1 aliphatic rings. The second-order valence-corrected chi connectivity index (χ2v) is 16.7. The van der Waals surface area contributed by atoms with Gasteiger partial charge in [-0.15, -0.1) is 0 Å². The smallest absolute Gasteiger partial charge is 0.161 e. The normalized spacial score (nSPS) is 12.3. The first-order valence-electron chi connectivity index (χ1n) is 22.5. The largest absolute Gasteiger partial charge is 0.258 e. The highest BCUT2D eigenvalue weighted by atomic mass is 14.9. The number of hydrogen-bond acceptors (Lipinski definition) is 5. The average molecular weight is 858 g/mol. The van der Waals surface area contributed by atoms with E-state index in [1.165, 1.54) is 5.39 Å². The van der Waals surface area contributed by atoms with Crippen LogP contribution in [-0.2, 0) is 0 Å². The second-order valence-electron chi connectivity index (χ2n) is 16.7. The lowest BCUT2D eigenvalue weighted by Gasteiger charge is -2.17. The van der Waals surface area contributed by atoms with Crippen LogP contribution < -0.4 is 0 Å². The highest BCUT2D eigenvalue weighted by molar-refractivity contribution is 6.21. The van der Waals surface area contributed by atoms with Crippen LogP contribution in [0.3, 0.4) is 0 Å². The number of nitrogens with zero attached hydrogens (tertiary/aromatic N) is 5. The summed E-state index contributed by atoms with van der Waals surface area (Å²) in [5.41, 5.74) is 21.0. The van der Waals surface area contributed by atoms with Crippen molar-refractivity contribution in [3.63, 3.8) is 0 Å². The van der Waals surface area contributed by atoms with Crippen LogP contribution in [0.15, 0.2) is 240 Å². The molecule has 5 heteroatoms. The van der Waals surface area contributed by atoms with Crippen molar-refractivity contribution < 1.29 is 0 Å². The monoisotopic (exact) mass is 857 g/mol. The molecule has 0 atom stereocenters. The number of hydrogen-bond donors (Lipinski definition) is 0. The SMILES string of the molecule is Cc1cc(-c2ccc(-c3ccccc3C3=NC(c4ccccc4)=C=CC(c4ccc5ccccc5c4)=N3)c(-c3ccc(-c4cc(-c5ccccc5)nc(-c5ccccc5)n4)cc3)c2)cc(C)n1. The summed E-state index contributed by atoms with van der Waals surface area (Å²) in [6.07, 6.45) is 1.97. The zero-order valence-corrected chi connectivity index (χ0v) is 37.1. The molecule has 0 unspecified atom stereocenters. The van der Waals surface area contributed by atoms with Crippen molar-refractivity contribution in [1.82, 2.24) is 15.0 Å². The Bertz CT molecular complexity index is 3530. The van der Waals surface area contributed by atoms with Crippen molar-refractivity contribution in [3.05, 3.63) is 258 Å². The van der Waals surface area contributed by atoms with E-state index in [0.717, 1.165) is 106 Å². The van der Waals surface area contributed by atoms with Crippen LogP contribution in [0.2, 0.25) is 0 Å². The number of rotatable bonds is 9. The molecule has 316 valence electrons. The Balaban J connectivity index is 1.06. The van der Waals surface area contributed by atoms with E-state index >= 15 is 0 Å². The minimum atomic E-state index is 0.608. The Morgan fingerprint density at radius 3 is 1.57 bits per heavy atom. The Kier molecular flexibility index (Phi) is 10.9. The molecule has 0 bridgehead atoms. The maximum absolute atomic E-state index is 5.38. The van der Waals surface area contributed by atoms with Gasteiger partial charge in [-0.25, -0.2) is 20.0 Å². The van der Waals surface area contributed by atoms with Crippen LogP contribution >= 0.6 is 0 Å². The summed E-state index contributed by atoms with van der Waals surface area (Å²) in [5.74, 6) is 1.29. The first kappa shape index (κ1) is 40.9. The maximum Gasteiger partial charge on any atom is 0.161 e. The average Bonchev–Trinajstić information content (AvgIpc) is 3.62. The number of allylic oxidation sites excluding steroid dienone is 1. The number of aliphatic imine (C=N–C) groups is 2. The van der Waals surface area contributed by atoms with Gasteiger partial charge in [0.2, 0.25) is 0 Å². The van der Waals surface area contributed by atoms with Crippen LogP contribution in [0.5, 0.6) is 0 Å². The fourth-order valence-corrected chi connectivity index (χ4v) is 8.81. The number of pyridine rings is 1. The van der Waals surface area contributed by atoms with Crippen LogP contribution in [0.25, 0.3) is 83.8 Å². The van der Waals surface area contributed by atoms with E-state index in [9.17, 15) is 0 Å². The van der Waals surface area contributed by atoms with Crippen LogP contribution in [0.1, 0.15) is 28.1 Å². The zero-order chi connectivity index (χ0) is 45.1. The standard InChI is InChI=1S/C62H43N5/c1-41-36-52(37-42(2)63-41)50-32-33-54(56(39-50)44-27-29-47(30-28-44)60-40-59(46-19-8-4-9-20-46)66-61(67-60)48-21-10-5-11-22-48)53-24-14-15-25-55(53)62-64-57(45-17-6-3-7-18-45)34-35-58(65-62)51-31-26-43-16-12-13-23-49(43)38-51/h3-33,35-40H,1-2H3. The predicted octanol–water partition coefficient (Wildman–Crippen LogP) is 15.1. The molecule has 0 aliphatic carbocycles. The number of fused-ring (bicyclic) bond motifs is 1. The molecule has 10 aromatic rings. The van der Waals surface area contributed by atoms with Gasteiger partial charge >= 0.3 is 0 Å². The first-order valence-corrected chi connectivity index (χ1v) is 22.5. The van der Waals surface area contributed by atoms with E-state index in [1.54, 1.807) is 0 Å². The molecule has 5 nitrogen and oxygen atoms in total. The molecule has 3 heterocycles. The van der Waals surface area contributed by atoms with E-state index in [0.29, 0.717) is 11.7 Å². The van der Waals surface area contributed by atoms with Crippen molar-refractivity contribution in [2.24, 2.45) is 9.98 Å².